The summed E-state index contributed by atoms with van der Waals surface area (Å²) in [6.07, 6.45) is 2.09. The van der Waals surface area contributed by atoms with E-state index in [4.69, 9.17) is 5.73 Å². The molecule has 0 radical (unpaired) electrons. The molecule has 2 rings (SSSR count). The Labute approximate surface area is 101 Å². The first kappa shape index (κ1) is 11.9. The molecule has 16 heavy (non-hydrogen) atoms. The maximum atomic E-state index is 5.82. The zero-order valence-corrected chi connectivity index (χ0v) is 10.6. The van der Waals surface area contributed by atoms with Crippen LogP contribution in [0.4, 0.5) is 0 Å². The van der Waals surface area contributed by atoms with Gasteiger partial charge < -0.3 is 5.73 Å². The van der Waals surface area contributed by atoms with Crippen LogP contribution < -0.4 is 16.6 Å². The number of hydrazine groups is 1. The Hall–Kier alpha value is -0.550. The number of nitrogens with two attached hydrogens (primary N) is 1. The van der Waals surface area contributed by atoms with Gasteiger partial charge in [-0.2, -0.15) is 0 Å². The zero-order valence-electron chi connectivity index (χ0n) is 9.73. The van der Waals surface area contributed by atoms with E-state index in [9.17, 15) is 0 Å². The van der Waals surface area contributed by atoms with E-state index in [-0.39, 0.29) is 0 Å². The van der Waals surface area contributed by atoms with E-state index in [1.807, 2.05) is 0 Å². The molecule has 4 N–H and O–H groups in total. The maximum absolute atomic E-state index is 5.82. The third kappa shape index (κ3) is 2.25. The lowest BCUT2D eigenvalue weighted by Gasteiger charge is -2.19. The normalized spacial score (nSPS) is 29.6. The van der Waals surface area contributed by atoms with E-state index in [1.165, 1.54) is 10.5 Å². The van der Waals surface area contributed by atoms with Crippen LogP contribution in [0.2, 0.25) is 0 Å². The molecule has 0 aromatic heterocycles. The number of nitrogens with one attached hydrogen (secondary N) is 2. The topological polar surface area (TPSA) is 50.1 Å². The summed E-state index contributed by atoms with van der Waals surface area (Å²) in [5.41, 5.74) is 13.7. The summed E-state index contributed by atoms with van der Waals surface area (Å²) in [7, 11) is 0. The third-order valence-corrected chi connectivity index (χ3v) is 4.03. The van der Waals surface area contributed by atoms with Crippen LogP contribution in [0.25, 0.3) is 0 Å². The quantitative estimate of drug-likeness (QED) is 0.698. The summed E-state index contributed by atoms with van der Waals surface area (Å²) in [4.78, 5) is 1.30. The van der Waals surface area contributed by atoms with Crippen molar-refractivity contribution in [2.24, 2.45) is 11.7 Å². The molecule has 3 unspecified atom stereocenters. The molecule has 88 valence electrons. The van der Waals surface area contributed by atoms with Gasteiger partial charge in [0.2, 0.25) is 0 Å². The number of hydrogen-bond donors (Lipinski definition) is 3. The molecule has 1 fully saturated rings. The van der Waals surface area contributed by atoms with Crippen molar-refractivity contribution in [2.75, 3.05) is 12.8 Å². The van der Waals surface area contributed by atoms with E-state index in [2.05, 4.69) is 48.3 Å². The molecule has 0 bridgehead atoms. The highest BCUT2D eigenvalue weighted by Crippen LogP contribution is 2.28. The van der Waals surface area contributed by atoms with Gasteiger partial charge in [0.05, 0.1) is 6.04 Å². The maximum Gasteiger partial charge on any atom is 0.0517 e. The average molecular weight is 237 g/mol. The summed E-state index contributed by atoms with van der Waals surface area (Å²) in [5.74, 6) is 0.458. The summed E-state index contributed by atoms with van der Waals surface area (Å²) >= 11 is 1.77. The van der Waals surface area contributed by atoms with E-state index in [1.54, 1.807) is 11.8 Å². The van der Waals surface area contributed by atoms with Crippen molar-refractivity contribution < 1.29 is 0 Å². The molecule has 1 aromatic carbocycles. The molecule has 0 saturated carbocycles. The molecule has 1 aliphatic heterocycles. The van der Waals surface area contributed by atoms with Gasteiger partial charge in [-0.25, -0.2) is 5.43 Å². The van der Waals surface area contributed by atoms with Crippen LogP contribution in [0.3, 0.4) is 0 Å². The molecule has 4 heteroatoms. The zero-order chi connectivity index (χ0) is 11.5. The van der Waals surface area contributed by atoms with Gasteiger partial charge in [-0.15, -0.1) is 11.8 Å². The predicted molar refractivity (Wildman–Crippen MR) is 69.2 cm³/mol. The predicted octanol–water partition coefficient (Wildman–Crippen LogP) is 1.52. The first-order chi connectivity index (χ1) is 7.76. The number of hydrogen-bond acceptors (Lipinski definition) is 4. The molecular weight excluding hydrogens is 218 g/mol. The summed E-state index contributed by atoms with van der Waals surface area (Å²) in [5, 5.41) is 0. The highest BCUT2D eigenvalue weighted by atomic mass is 32.2. The van der Waals surface area contributed by atoms with E-state index in [0.717, 1.165) is 0 Å². The fourth-order valence-electron chi connectivity index (χ4n) is 2.21. The average Bonchev–Trinajstić information content (AvgIpc) is 2.70. The number of thioether (sulfide) groups is 1. The highest BCUT2D eigenvalue weighted by Gasteiger charge is 2.32. The van der Waals surface area contributed by atoms with Crippen LogP contribution in [0.5, 0.6) is 0 Å². The standard InChI is InChI=1S/C12H19N3S/c1-8-11(7-13)12(15-14-8)9-3-5-10(16-2)6-4-9/h3-6,8,11-12,14-15H,7,13H2,1-2H3. The number of rotatable bonds is 3. The lowest BCUT2D eigenvalue weighted by molar-refractivity contribution is 0.444. The van der Waals surface area contributed by atoms with Gasteiger partial charge in [-0.1, -0.05) is 12.1 Å². The van der Waals surface area contributed by atoms with Gasteiger partial charge in [0.1, 0.15) is 0 Å². The molecule has 3 nitrogen and oxygen atoms in total. The molecule has 1 aliphatic rings. The minimum atomic E-state index is 0.330. The largest absolute Gasteiger partial charge is 0.330 e. The van der Waals surface area contributed by atoms with Gasteiger partial charge in [0.25, 0.3) is 0 Å². The van der Waals surface area contributed by atoms with E-state index >= 15 is 0 Å². The van der Waals surface area contributed by atoms with Crippen molar-refractivity contribution >= 4 is 11.8 Å². The SMILES string of the molecule is CSc1ccc(C2NNC(C)C2CN)cc1. The molecule has 1 heterocycles. The van der Waals surface area contributed by atoms with E-state index < -0.39 is 0 Å². The van der Waals surface area contributed by atoms with Crippen molar-refractivity contribution in [3.63, 3.8) is 0 Å². The Morgan fingerprint density at radius 3 is 2.50 bits per heavy atom. The summed E-state index contributed by atoms with van der Waals surface area (Å²) in [6, 6.07) is 9.46. The Morgan fingerprint density at radius 2 is 1.94 bits per heavy atom. The Morgan fingerprint density at radius 1 is 1.25 bits per heavy atom. The Bertz CT molecular complexity index is 339. The smallest absolute Gasteiger partial charge is 0.0517 e. The second-order valence-electron chi connectivity index (χ2n) is 4.23. The minimum Gasteiger partial charge on any atom is -0.330 e. The Balaban J connectivity index is 2.17. The van der Waals surface area contributed by atoms with Crippen LogP contribution in [0.15, 0.2) is 29.2 Å². The summed E-state index contributed by atoms with van der Waals surface area (Å²) in [6.45, 7) is 2.87. The molecule has 0 amide bonds. The molecule has 1 saturated heterocycles. The van der Waals surface area contributed by atoms with Crippen molar-refractivity contribution in [3.05, 3.63) is 29.8 Å². The van der Waals surface area contributed by atoms with Crippen molar-refractivity contribution in [1.29, 1.82) is 0 Å². The first-order valence-corrected chi connectivity index (χ1v) is 6.84. The fraction of sp³-hybridized carbons (Fsp3) is 0.500. The fourth-order valence-corrected chi connectivity index (χ4v) is 2.61. The van der Waals surface area contributed by atoms with Gasteiger partial charge in [-0.05, 0) is 37.4 Å². The third-order valence-electron chi connectivity index (χ3n) is 3.28. The van der Waals surface area contributed by atoms with Gasteiger partial charge >= 0.3 is 0 Å². The van der Waals surface area contributed by atoms with Crippen LogP contribution in [-0.4, -0.2) is 18.8 Å². The lowest BCUT2D eigenvalue weighted by Crippen LogP contribution is -2.30. The summed E-state index contributed by atoms with van der Waals surface area (Å²) < 4.78 is 0. The molecule has 3 atom stereocenters. The molecule has 0 spiro atoms. The van der Waals surface area contributed by atoms with Gasteiger partial charge in [0, 0.05) is 16.9 Å². The van der Waals surface area contributed by atoms with Crippen LogP contribution in [0, 0.1) is 5.92 Å². The first-order valence-electron chi connectivity index (χ1n) is 5.61. The van der Waals surface area contributed by atoms with Crippen molar-refractivity contribution in [1.82, 2.24) is 10.9 Å². The van der Waals surface area contributed by atoms with Crippen molar-refractivity contribution in [3.8, 4) is 0 Å². The second-order valence-corrected chi connectivity index (χ2v) is 5.11. The lowest BCUT2D eigenvalue weighted by atomic mass is 9.90. The molecule has 0 aliphatic carbocycles. The van der Waals surface area contributed by atoms with E-state index in [0.29, 0.717) is 24.5 Å². The monoisotopic (exact) mass is 237 g/mol. The van der Waals surface area contributed by atoms with Gasteiger partial charge in [-0.3, -0.25) is 5.43 Å². The van der Waals surface area contributed by atoms with Crippen LogP contribution >= 0.6 is 11.8 Å². The number of benzene rings is 1. The minimum absolute atomic E-state index is 0.330. The highest BCUT2D eigenvalue weighted by molar-refractivity contribution is 7.98. The van der Waals surface area contributed by atoms with Crippen LogP contribution in [0.1, 0.15) is 18.5 Å². The Kier molecular flexibility index (Phi) is 3.86. The second kappa shape index (κ2) is 5.19. The molecule has 1 aromatic rings. The van der Waals surface area contributed by atoms with Crippen molar-refractivity contribution in [2.45, 2.75) is 23.9 Å². The van der Waals surface area contributed by atoms with Crippen LogP contribution in [-0.2, 0) is 0 Å². The molecular formula is C12H19N3S. The van der Waals surface area contributed by atoms with Gasteiger partial charge in [0.15, 0.2) is 0 Å².